The molecule has 0 aliphatic rings. The van der Waals surface area contributed by atoms with E-state index in [4.69, 9.17) is 9.26 Å². The first-order valence-electron chi connectivity index (χ1n) is 4.69. The minimum atomic E-state index is 0.424. The molecule has 0 saturated carbocycles. The quantitative estimate of drug-likeness (QED) is 0.853. The first-order chi connectivity index (χ1) is 7.69. The molecule has 0 amide bonds. The van der Waals surface area contributed by atoms with Crippen LogP contribution in [0.25, 0.3) is 0 Å². The van der Waals surface area contributed by atoms with Crippen molar-refractivity contribution < 1.29 is 9.26 Å². The number of rotatable bonds is 4. The van der Waals surface area contributed by atoms with E-state index in [2.05, 4.69) is 31.2 Å². The van der Waals surface area contributed by atoms with Gasteiger partial charge in [0.15, 0.2) is 5.76 Å². The molecular formula is C9H11BrN4O2. The van der Waals surface area contributed by atoms with Crippen molar-refractivity contribution >= 4 is 15.9 Å². The maximum atomic E-state index is 5.08. The van der Waals surface area contributed by atoms with Crippen molar-refractivity contribution in [3.05, 3.63) is 28.1 Å². The number of ether oxygens (including phenoxy) is 1. The molecule has 0 N–H and O–H groups in total. The van der Waals surface area contributed by atoms with Gasteiger partial charge in [-0.2, -0.15) is 0 Å². The minimum absolute atomic E-state index is 0.424. The Kier molecular flexibility index (Phi) is 3.35. The van der Waals surface area contributed by atoms with Gasteiger partial charge in [0, 0.05) is 13.2 Å². The fourth-order valence-corrected chi connectivity index (χ4v) is 1.78. The second-order valence-electron chi connectivity index (χ2n) is 3.30. The van der Waals surface area contributed by atoms with Gasteiger partial charge in [-0.1, -0.05) is 5.16 Å². The summed E-state index contributed by atoms with van der Waals surface area (Å²) in [5, 5.41) is 8.09. The van der Waals surface area contributed by atoms with Gasteiger partial charge in [0.1, 0.15) is 18.1 Å². The van der Waals surface area contributed by atoms with Crippen LogP contribution in [0.15, 0.2) is 15.3 Å². The minimum Gasteiger partial charge on any atom is -0.377 e. The highest BCUT2D eigenvalue weighted by Gasteiger charge is 2.08. The zero-order valence-electron chi connectivity index (χ0n) is 8.97. The predicted molar refractivity (Wildman–Crippen MR) is 58.8 cm³/mol. The largest absolute Gasteiger partial charge is 0.377 e. The van der Waals surface area contributed by atoms with Crippen LogP contribution in [-0.4, -0.2) is 27.0 Å². The zero-order chi connectivity index (χ0) is 11.5. The van der Waals surface area contributed by atoms with E-state index in [1.165, 1.54) is 0 Å². The van der Waals surface area contributed by atoms with Crippen molar-refractivity contribution in [3.8, 4) is 0 Å². The monoisotopic (exact) mass is 286 g/mol. The van der Waals surface area contributed by atoms with Crippen LogP contribution in [-0.2, 0) is 17.9 Å². The number of aromatic nitrogens is 4. The van der Waals surface area contributed by atoms with Gasteiger partial charge in [-0.3, -0.25) is 0 Å². The molecule has 7 heteroatoms. The Morgan fingerprint density at radius 1 is 1.56 bits per heavy atom. The molecule has 0 bridgehead atoms. The van der Waals surface area contributed by atoms with E-state index in [-0.39, 0.29) is 0 Å². The Morgan fingerprint density at radius 3 is 3.00 bits per heavy atom. The lowest BCUT2D eigenvalue weighted by molar-refractivity contribution is 0.155. The van der Waals surface area contributed by atoms with E-state index >= 15 is 0 Å². The summed E-state index contributed by atoms with van der Waals surface area (Å²) in [6, 6.07) is 1.85. The molecule has 2 rings (SSSR count). The first-order valence-corrected chi connectivity index (χ1v) is 5.48. The summed E-state index contributed by atoms with van der Waals surface area (Å²) < 4.78 is 12.3. The van der Waals surface area contributed by atoms with Gasteiger partial charge in [0.2, 0.25) is 4.73 Å². The number of hydrogen-bond donors (Lipinski definition) is 0. The van der Waals surface area contributed by atoms with E-state index in [1.807, 2.05) is 13.0 Å². The van der Waals surface area contributed by atoms with E-state index in [9.17, 15) is 0 Å². The van der Waals surface area contributed by atoms with Gasteiger partial charge in [-0.15, -0.1) is 5.10 Å². The highest BCUT2D eigenvalue weighted by atomic mass is 79.9. The van der Waals surface area contributed by atoms with Crippen LogP contribution in [0.3, 0.4) is 0 Å². The molecule has 0 aromatic carbocycles. The summed E-state index contributed by atoms with van der Waals surface area (Å²) in [6.45, 7) is 2.85. The van der Waals surface area contributed by atoms with Crippen LogP contribution in [0.2, 0.25) is 0 Å². The highest BCUT2D eigenvalue weighted by molar-refractivity contribution is 9.10. The maximum Gasteiger partial charge on any atom is 0.217 e. The van der Waals surface area contributed by atoms with E-state index in [0.717, 1.165) is 11.5 Å². The molecule has 2 aromatic rings. The maximum absolute atomic E-state index is 5.08. The van der Waals surface area contributed by atoms with Crippen molar-refractivity contribution in [2.75, 3.05) is 7.11 Å². The third-order valence-corrected chi connectivity index (χ3v) is 2.37. The van der Waals surface area contributed by atoms with Crippen LogP contribution >= 0.6 is 15.9 Å². The number of nitrogens with zero attached hydrogens (tertiary/aromatic N) is 4. The van der Waals surface area contributed by atoms with Gasteiger partial charge in [-0.25, -0.2) is 9.67 Å². The summed E-state index contributed by atoms with van der Waals surface area (Å²) in [5.74, 6) is 1.53. The molecule has 0 atom stereocenters. The summed E-state index contributed by atoms with van der Waals surface area (Å²) in [4.78, 5) is 4.14. The molecule has 0 spiro atoms. The molecular weight excluding hydrogens is 276 g/mol. The molecule has 0 saturated heterocycles. The molecule has 6 nitrogen and oxygen atoms in total. The molecule has 2 heterocycles. The van der Waals surface area contributed by atoms with Crippen LogP contribution in [0.5, 0.6) is 0 Å². The summed E-state index contributed by atoms with van der Waals surface area (Å²) in [5.41, 5.74) is 0.799. The molecule has 2 aromatic heterocycles. The summed E-state index contributed by atoms with van der Waals surface area (Å²) in [7, 11) is 1.61. The number of hydrogen-bond acceptors (Lipinski definition) is 5. The second-order valence-corrected chi connectivity index (χ2v) is 4.01. The van der Waals surface area contributed by atoms with Crippen LogP contribution in [0.4, 0.5) is 0 Å². The number of methoxy groups -OCH3 is 1. The van der Waals surface area contributed by atoms with Crippen molar-refractivity contribution in [2.45, 2.75) is 20.1 Å². The Bertz CT molecular complexity index is 480. The van der Waals surface area contributed by atoms with Crippen LogP contribution in [0.1, 0.15) is 17.3 Å². The molecule has 0 aliphatic heterocycles. The average molecular weight is 287 g/mol. The van der Waals surface area contributed by atoms with Gasteiger partial charge < -0.3 is 9.26 Å². The molecule has 16 heavy (non-hydrogen) atoms. The second kappa shape index (κ2) is 4.75. The Labute approximate surface area is 101 Å². The van der Waals surface area contributed by atoms with E-state index in [0.29, 0.717) is 23.6 Å². The van der Waals surface area contributed by atoms with Crippen LogP contribution in [0, 0.1) is 6.92 Å². The lowest BCUT2D eigenvalue weighted by atomic mass is 10.3. The van der Waals surface area contributed by atoms with Crippen LogP contribution < -0.4 is 0 Å². The van der Waals surface area contributed by atoms with Crippen molar-refractivity contribution in [1.82, 2.24) is 19.9 Å². The first kappa shape index (κ1) is 11.3. The highest BCUT2D eigenvalue weighted by Crippen LogP contribution is 2.09. The fourth-order valence-electron chi connectivity index (χ4n) is 1.33. The summed E-state index contributed by atoms with van der Waals surface area (Å²) >= 11 is 3.22. The normalized spacial score (nSPS) is 10.9. The smallest absolute Gasteiger partial charge is 0.217 e. The van der Waals surface area contributed by atoms with Gasteiger partial charge in [-0.05, 0) is 22.9 Å². The lowest BCUT2D eigenvalue weighted by Gasteiger charge is -1.97. The molecule has 86 valence electrons. The number of halogens is 1. The molecule has 0 fully saturated rings. The zero-order valence-corrected chi connectivity index (χ0v) is 10.6. The van der Waals surface area contributed by atoms with Gasteiger partial charge in [0.05, 0.1) is 6.54 Å². The molecule has 0 radical (unpaired) electrons. The Morgan fingerprint density at radius 2 is 2.38 bits per heavy atom. The lowest BCUT2D eigenvalue weighted by Crippen LogP contribution is -2.04. The Balaban J connectivity index is 2.11. The fraction of sp³-hybridized carbons (Fsp3) is 0.444. The van der Waals surface area contributed by atoms with Crippen molar-refractivity contribution in [1.29, 1.82) is 0 Å². The standard InChI is InChI=1S/C9H11BrN4O2/c1-6-11-9(10)12-14(6)4-7-3-8(5-15-2)16-13-7/h3H,4-5H2,1-2H3. The van der Waals surface area contributed by atoms with Crippen molar-refractivity contribution in [3.63, 3.8) is 0 Å². The Hall–Kier alpha value is -1.21. The number of aryl methyl sites for hydroxylation is 1. The van der Waals surface area contributed by atoms with Crippen molar-refractivity contribution in [2.24, 2.45) is 0 Å². The van der Waals surface area contributed by atoms with Gasteiger partial charge >= 0.3 is 0 Å². The predicted octanol–water partition coefficient (Wildman–Crippen LogP) is 1.53. The topological polar surface area (TPSA) is 66.0 Å². The van der Waals surface area contributed by atoms with E-state index < -0.39 is 0 Å². The molecule has 0 unspecified atom stereocenters. The average Bonchev–Trinajstić information content (AvgIpc) is 2.76. The summed E-state index contributed by atoms with van der Waals surface area (Å²) in [6.07, 6.45) is 0. The third kappa shape index (κ3) is 2.48. The third-order valence-electron chi connectivity index (χ3n) is 2.04. The van der Waals surface area contributed by atoms with Gasteiger partial charge in [0.25, 0.3) is 0 Å². The SMILES string of the molecule is COCc1cc(Cn2nc(Br)nc2C)no1. The van der Waals surface area contributed by atoms with E-state index in [1.54, 1.807) is 11.8 Å². The molecule has 0 aliphatic carbocycles.